The normalized spacial score (nSPS) is 7.37. The van der Waals surface area contributed by atoms with Crippen LogP contribution in [-0.4, -0.2) is 16.0 Å². The van der Waals surface area contributed by atoms with Gasteiger partial charge in [-0.3, -0.25) is 0 Å². The molecule has 0 aliphatic heterocycles. The Labute approximate surface area is 155 Å². The van der Waals surface area contributed by atoms with E-state index in [4.69, 9.17) is 0 Å². The minimum atomic E-state index is -0.0562. The van der Waals surface area contributed by atoms with Crippen molar-refractivity contribution < 1.29 is 58.6 Å². The molecule has 1 heterocycles. The van der Waals surface area contributed by atoms with Crippen LogP contribution in [0.3, 0.4) is 0 Å². The Morgan fingerprint density at radius 2 is 1.74 bits per heavy atom. The summed E-state index contributed by atoms with van der Waals surface area (Å²) in [6.07, 6.45) is 0. The molecule has 0 atom stereocenters. The van der Waals surface area contributed by atoms with Crippen LogP contribution in [0.25, 0.3) is 0 Å². The van der Waals surface area contributed by atoms with E-state index < -0.39 is 0 Å². The summed E-state index contributed by atoms with van der Waals surface area (Å²) in [5.41, 5.74) is 1.17. The van der Waals surface area contributed by atoms with Crippen molar-refractivity contribution in [3.05, 3.63) is 53.9 Å². The number of H-pyrrole nitrogens is 1. The number of nitrogens with one attached hydrogen (secondary N) is 1. The van der Waals surface area contributed by atoms with Gasteiger partial charge in [0.05, 0.1) is 0 Å². The maximum absolute atomic E-state index is 10.5. The molecule has 19 heavy (non-hydrogen) atoms. The summed E-state index contributed by atoms with van der Waals surface area (Å²) < 4.78 is 0. The topological polar surface area (TPSA) is 45.8 Å². The molecule has 1 aromatic carbocycles. The van der Waals surface area contributed by atoms with Gasteiger partial charge >= 0.3 is 0 Å². The quantitative estimate of drug-likeness (QED) is 0.481. The number of ketones is 1. The van der Waals surface area contributed by atoms with E-state index in [1.807, 2.05) is 44.2 Å². The number of hydrogen-bond acceptors (Lipinski definition) is 2. The van der Waals surface area contributed by atoms with Crippen LogP contribution in [0.5, 0.6) is 0 Å². The third-order valence-electron chi connectivity index (χ3n) is 1.58. The molecule has 0 aliphatic rings. The van der Waals surface area contributed by atoms with E-state index in [2.05, 4.69) is 22.3 Å². The van der Waals surface area contributed by atoms with Crippen molar-refractivity contribution in [1.29, 1.82) is 0 Å². The zero-order valence-electron chi connectivity index (χ0n) is 11.7. The van der Waals surface area contributed by atoms with Gasteiger partial charge in [-0.2, -0.15) is 42.5 Å². The van der Waals surface area contributed by atoms with Crippen molar-refractivity contribution in [2.24, 2.45) is 0 Å². The maximum Gasteiger partial charge on any atom is 0.0241 e. The number of aromatic amines is 1. The first-order valence-corrected chi connectivity index (χ1v) is 5.56. The Morgan fingerprint density at radius 3 is 1.89 bits per heavy atom. The van der Waals surface area contributed by atoms with E-state index in [1.54, 1.807) is 6.92 Å². The first kappa shape index (κ1) is 23.9. The molecule has 2 rings (SSSR count). The molecule has 0 spiro atoms. The predicted molar refractivity (Wildman–Crippen MR) is 68.8 cm³/mol. The number of hydrogen-bond donors (Lipinski definition) is 1. The Bertz CT molecular complexity index is 392. The molecule has 0 fully saturated rings. The second kappa shape index (κ2) is 15.9. The minimum Gasteiger partial charge on any atom is -0.405 e. The van der Waals surface area contributed by atoms with Crippen LogP contribution in [0, 0.1) is 19.1 Å². The molecule has 0 bridgehead atoms. The first-order valence-electron chi connectivity index (χ1n) is 5.56. The predicted octanol–water partition coefficient (Wildman–Crippen LogP) is 3.23. The molecular formula is C14H18N2OWY-2. The number of aryl methyl sites for hydroxylation is 1. The molecule has 0 saturated carbocycles. The van der Waals surface area contributed by atoms with Crippen molar-refractivity contribution in [2.75, 3.05) is 0 Å². The number of nitrogens with zero attached hydrogens (tertiary/aromatic N) is 1. The fourth-order valence-electron chi connectivity index (χ4n) is 0.882. The fourth-order valence-corrected chi connectivity index (χ4v) is 0.882. The minimum absolute atomic E-state index is 0. The standard InChI is InChI=1S/C6H7N2O.C6H5.C2H6.W.Y/c1-4-3-6(5(2)9)8-7-4;1-2-4-6-5-3-1;1-2;;/h1-2H3,(H,7,8);1-5H;1-2H3;;/q2*-1;;;. The van der Waals surface area contributed by atoms with Crippen LogP contribution < -0.4 is 0 Å². The zero-order valence-corrected chi connectivity index (χ0v) is 17.5. The third kappa shape index (κ3) is 12.7. The van der Waals surface area contributed by atoms with Gasteiger partial charge in [0.2, 0.25) is 0 Å². The molecular weight excluding hydrogens is 485 g/mol. The Morgan fingerprint density at radius 1 is 1.21 bits per heavy atom. The molecule has 1 N–H and O–H groups in total. The summed E-state index contributed by atoms with van der Waals surface area (Å²) in [4.78, 5) is 10.5. The summed E-state index contributed by atoms with van der Waals surface area (Å²) >= 11 is 0. The molecule has 1 aromatic heterocycles. The molecule has 1 radical (unpaired) electrons. The monoisotopic (exact) mass is 503 g/mol. The molecule has 101 valence electrons. The largest absolute Gasteiger partial charge is 0.405 e. The van der Waals surface area contributed by atoms with E-state index in [9.17, 15) is 4.79 Å². The number of rotatable bonds is 1. The third-order valence-corrected chi connectivity index (χ3v) is 1.58. The average Bonchev–Trinajstić information content (AvgIpc) is 2.82. The SMILES string of the molecule is CC.CC(=O)c1[c-]c(C)[nH]n1.[W].[Y].[c-]1ccccc1. The van der Waals surface area contributed by atoms with Gasteiger partial charge in [-0.25, -0.2) is 5.10 Å². The van der Waals surface area contributed by atoms with Crippen LogP contribution in [0.2, 0.25) is 0 Å². The molecule has 0 aliphatic carbocycles. The molecule has 2 aromatic rings. The Hall–Kier alpha value is -0.108. The van der Waals surface area contributed by atoms with Crippen molar-refractivity contribution >= 4 is 5.78 Å². The first-order chi connectivity index (χ1) is 8.20. The van der Waals surface area contributed by atoms with Gasteiger partial charge in [-0.05, 0) is 12.6 Å². The summed E-state index contributed by atoms with van der Waals surface area (Å²) in [5.74, 6) is -0.0562. The van der Waals surface area contributed by atoms with Crippen LogP contribution in [0.4, 0.5) is 0 Å². The summed E-state index contributed by atoms with van der Waals surface area (Å²) in [7, 11) is 0. The maximum atomic E-state index is 10.5. The second-order valence-electron chi connectivity index (χ2n) is 2.96. The van der Waals surface area contributed by atoms with Gasteiger partial charge in [0.15, 0.2) is 0 Å². The van der Waals surface area contributed by atoms with Gasteiger partial charge in [-0.15, -0.1) is 0 Å². The van der Waals surface area contributed by atoms with Gasteiger partial charge in [0.25, 0.3) is 0 Å². The number of carbonyl (C=O) groups excluding carboxylic acids is 1. The van der Waals surface area contributed by atoms with E-state index in [0.717, 1.165) is 5.69 Å². The van der Waals surface area contributed by atoms with Gasteiger partial charge < -0.3 is 9.89 Å². The van der Waals surface area contributed by atoms with Gasteiger partial charge in [0, 0.05) is 59.6 Å². The van der Waals surface area contributed by atoms with Crippen LogP contribution >= 0.6 is 0 Å². The van der Waals surface area contributed by atoms with Crippen LogP contribution in [0.1, 0.15) is 37.0 Å². The van der Waals surface area contributed by atoms with E-state index in [0.29, 0.717) is 5.69 Å². The summed E-state index contributed by atoms with van der Waals surface area (Å²) in [5, 5.41) is 6.31. The van der Waals surface area contributed by atoms with E-state index >= 15 is 0 Å². The summed E-state index contributed by atoms with van der Waals surface area (Å²) in [6.45, 7) is 7.27. The Kier molecular flexibility index (Phi) is 20.1. The molecule has 0 saturated heterocycles. The molecule has 0 unspecified atom stereocenters. The van der Waals surface area contributed by atoms with Crippen LogP contribution in [-0.2, 0) is 53.8 Å². The van der Waals surface area contributed by atoms with E-state index in [1.165, 1.54) is 6.92 Å². The smallest absolute Gasteiger partial charge is 0.0241 e. The van der Waals surface area contributed by atoms with Gasteiger partial charge in [0.1, 0.15) is 0 Å². The van der Waals surface area contributed by atoms with Crippen molar-refractivity contribution in [3.63, 3.8) is 0 Å². The Balaban J connectivity index is -0.000000227. The number of benzene rings is 1. The number of carbonyl (C=O) groups is 1. The summed E-state index contributed by atoms with van der Waals surface area (Å²) in [6, 6.07) is 15.3. The van der Waals surface area contributed by atoms with Gasteiger partial charge in [-0.1, -0.05) is 26.5 Å². The number of Topliss-reactive ketones (excluding diaryl/α,β-unsaturated/α-hetero) is 1. The fraction of sp³-hybridized carbons (Fsp3) is 0.286. The molecule has 0 amide bonds. The van der Waals surface area contributed by atoms with Crippen molar-refractivity contribution in [3.8, 4) is 0 Å². The molecule has 3 nitrogen and oxygen atoms in total. The average molecular weight is 503 g/mol. The second-order valence-corrected chi connectivity index (χ2v) is 2.96. The van der Waals surface area contributed by atoms with E-state index in [-0.39, 0.29) is 59.6 Å². The van der Waals surface area contributed by atoms with Crippen molar-refractivity contribution in [1.82, 2.24) is 10.2 Å². The van der Waals surface area contributed by atoms with Crippen molar-refractivity contribution in [2.45, 2.75) is 27.7 Å². The van der Waals surface area contributed by atoms with Crippen LogP contribution in [0.15, 0.2) is 30.3 Å². The number of aromatic nitrogens is 2. The zero-order chi connectivity index (χ0) is 13.1. The molecule has 5 heteroatoms.